The second-order valence-corrected chi connectivity index (χ2v) is 8.40. The highest BCUT2D eigenvalue weighted by Crippen LogP contribution is 2.32. The van der Waals surface area contributed by atoms with Crippen molar-refractivity contribution in [1.82, 2.24) is 19.9 Å². The van der Waals surface area contributed by atoms with Gasteiger partial charge in [-0.05, 0) is 49.0 Å². The molecule has 1 aliphatic rings. The SMILES string of the molecule is C=CC(=O)Nc1cc(Oc2ncnc3[nH]c(-c4ccc(N5CCN(C)CC5)cc4)cc23)ccc1F. The van der Waals surface area contributed by atoms with E-state index in [0.29, 0.717) is 22.7 Å². The number of anilines is 2. The van der Waals surface area contributed by atoms with E-state index in [4.69, 9.17) is 4.74 Å². The minimum Gasteiger partial charge on any atom is -0.438 e. The van der Waals surface area contributed by atoms with E-state index in [1.165, 1.54) is 30.2 Å². The Morgan fingerprint density at radius 1 is 1.11 bits per heavy atom. The Labute approximate surface area is 202 Å². The van der Waals surface area contributed by atoms with E-state index in [-0.39, 0.29) is 5.69 Å². The summed E-state index contributed by atoms with van der Waals surface area (Å²) in [7, 11) is 2.15. The van der Waals surface area contributed by atoms with Gasteiger partial charge in [0.2, 0.25) is 11.8 Å². The average Bonchev–Trinajstić information content (AvgIpc) is 3.32. The van der Waals surface area contributed by atoms with Gasteiger partial charge in [0.15, 0.2) is 0 Å². The van der Waals surface area contributed by atoms with Gasteiger partial charge in [-0.15, -0.1) is 0 Å². The highest BCUT2D eigenvalue weighted by Gasteiger charge is 2.16. The summed E-state index contributed by atoms with van der Waals surface area (Å²) in [5, 5.41) is 3.11. The molecule has 1 amide bonds. The van der Waals surface area contributed by atoms with E-state index in [2.05, 4.69) is 68.0 Å². The van der Waals surface area contributed by atoms with Gasteiger partial charge in [0.05, 0.1) is 11.1 Å². The zero-order valence-electron chi connectivity index (χ0n) is 19.3. The lowest BCUT2D eigenvalue weighted by molar-refractivity contribution is -0.111. The van der Waals surface area contributed by atoms with Gasteiger partial charge in [-0.3, -0.25) is 4.79 Å². The molecule has 178 valence electrons. The van der Waals surface area contributed by atoms with Crippen LogP contribution in [-0.4, -0.2) is 59.0 Å². The molecule has 5 rings (SSSR count). The average molecular weight is 473 g/mol. The summed E-state index contributed by atoms with van der Waals surface area (Å²) in [6, 6.07) is 14.4. The zero-order chi connectivity index (χ0) is 24.4. The fourth-order valence-electron chi connectivity index (χ4n) is 4.03. The van der Waals surface area contributed by atoms with E-state index in [9.17, 15) is 9.18 Å². The van der Waals surface area contributed by atoms with Crippen molar-refractivity contribution in [3.63, 3.8) is 0 Å². The Morgan fingerprint density at radius 3 is 2.63 bits per heavy atom. The number of benzene rings is 2. The zero-order valence-corrected chi connectivity index (χ0v) is 19.3. The second kappa shape index (κ2) is 9.55. The maximum absolute atomic E-state index is 14.1. The van der Waals surface area contributed by atoms with Crippen molar-refractivity contribution in [3.05, 3.63) is 73.3 Å². The van der Waals surface area contributed by atoms with Gasteiger partial charge in [-0.1, -0.05) is 18.7 Å². The Balaban J connectivity index is 1.39. The number of carbonyl (C=O) groups excluding carboxylic acids is 1. The van der Waals surface area contributed by atoms with Crippen LogP contribution in [0.2, 0.25) is 0 Å². The monoisotopic (exact) mass is 472 g/mol. The van der Waals surface area contributed by atoms with E-state index in [1.54, 1.807) is 0 Å². The first kappa shape index (κ1) is 22.5. The molecule has 3 heterocycles. The van der Waals surface area contributed by atoms with Crippen molar-refractivity contribution in [2.45, 2.75) is 0 Å². The van der Waals surface area contributed by atoms with Crippen molar-refractivity contribution < 1.29 is 13.9 Å². The minimum absolute atomic E-state index is 0.00658. The number of hydrogen-bond acceptors (Lipinski definition) is 6. The molecule has 8 nitrogen and oxygen atoms in total. The maximum Gasteiger partial charge on any atom is 0.247 e. The summed E-state index contributed by atoms with van der Waals surface area (Å²) in [4.78, 5) is 28.2. The van der Waals surface area contributed by atoms with Crippen LogP contribution in [-0.2, 0) is 4.79 Å². The van der Waals surface area contributed by atoms with Gasteiger partial charge in [-0.2, -0.15) is 0 Å². The molecule has 0 bridgehead atoms. The maximum atomic E-state index is 14.1. The number of piperazine rings is 1. The Hall–Kier alpha value is -4.24. The number of amides is 1. The molecule has 9 heteroatoms. The second-order valence-electron chi connectivity index (χ2n) is 8.40. The van der Waals surface area contributed by atoms with Crippen molar-refractivity contribution in [1.29, 1.82) is 0 Å². The molecule has 1 saturated heterocycles. The summed E-state index contributed by atoms with van der Waals surface area (Å²) in [6.07, 6.45) is 2.47. The van der Waals surface area contributed by atoms with Crippen molar-refractivity contribution in [2.24, 2.45) is 0 Å². The number of nitrogens with zero attached hydrogens (tertiary/aromatic N) is 4. The highest BCUT2D eigenvalue weighted by molar-refractivity contribution is 5.99. The first-order chi connectivity index (χ1) is 17.0. The molecule has 0 atom stereocenters. The summed E-state index contributed by atoms with van der Waals surface area (Å²) >= 11 is 0. The molecule has 4 aromatic rings. The first-order valence-electron chi connectivity index (χ1n) is 11.3. The molecule has 0 saturated carbocycles. The van der Waals surface area contributed by atoms with Crippen LogP contribution in [0.15, 0.2) is 67.5 Å². The highest BCUT2D eigenvalue weighted by atomic mass is 19.1. The van der Waals surface area contributed by atoms with Crippen molar-refractivity contribution in [3.8, 4) is 22.9 Å². The number of likely N-dealkylation sites (N-methyl/N-ethyl adjacent to an activating group) is 1. The van der Waals surface area contributed by atoms with Crippen molar-refractivity contribution in [2.75, 3.05) is 43.4 Å². The molecule has 0 spiro atoms. The molecule has 2 aromatic heterocycles. The smallest absolute Gasteiger partial charge is 0.247 e. The summed E-state index contributed by atoms with van der Waals surface area (Å²) in [5.74, 6) is -0.451. The third-order valence-corrected chi connectivity index (χ3v) is 6.03. The standard InChI is InChI=1S/C26H25FN6O2/c1-3-24(34)30-23-14-19(8-9-21(23)27)35-26-20-15-22(31-25(20)28-16-29-26)17-4-6-18(7-5-17)33-12-10-32(2)11-13-33/h3-9,14-16H,1,10-13H2,2H3,(H,30,34)(H,28,29,31). The molecule has 0 unspecified atom stereocenters. The normalized spacial score (nSPS) is 14.2. The topological polar surface area (TPSA) is 86.4 Å². The Kier molecular flexibility index (Phi) is 6.15. The van der Waals surface area contributed by atoms with Crippen LogP contribution in [0.4, 0.5) is 15.8 Å². The van der Waals surface area contributed by atoms with E-state index in [1.807, 2.05) is 6.07 Å². The first-order valence-corrected chi connectivity index (χ1v) is 11.3. The third kappa shape index (κ3) is 4.85. The molecule has 1 aliphatic heterocycles. The molecule has 1 fully saturated rings. The third-order valence-electron chi connectivity index (χ3n) is 6.03. The van der Waals surface area contributed by atoms with Gasteiger partial charge in [0.1, 0.15) is 23.5 Å². The van der Waals surface area contributed by atoms with Crippen LogP contribution < -0.4 is 15.0 Å². The molecule has 2 N–H and O–H groups in total. The predicted molar refractivity (Wildman–Crippen MR) is 134 cm³/mol. The summed E-state index contributed by atoms with van der Waals surface area (Å²) < 4.78 is 20.0. The number of ether oxygens (including phenoxy) is 1. The van der Waals surface area contributed by atoms with Gasteiger partial charge < -0.3 is 24.8 Å². The Bertz CT molecular complexity index is 1380. The molecule has 2 aromatic carbocycles. The minimum atomic E-state index is -0.579. The number of carbonyl (C=O) groups is 1. The number of rotatable bonds is 6. The molecule has 0 radical (unpaired) electrons. The van der Waals surface area contributed by atoms with Crippen LogP contribution in [0.1, 0.15) is 0 Å². The lowest BCUT2D eigenvalue weighted by Gasteiger charge is -2.34. The fraction of sp³-hybridized carbons (Fsp3) is 0.192. The van der Waals surface area contributed by atoms with Gasteiger partial charge in [0.25, 0.3) is 0 Å². The number of halogens is 1. The number of H-pyrrole nitrogens is 1. The molecule has 35 heavy (non-hydrogen) atoms. The van der Waals surface area contributed by atoms with Crippen molar-refractivity contribution >= 4 is 28.3 Å². The van der Waals surface area contributed by atoms with Crippen LogP contribution in [0.5, 0.6) is 11.6 Å². The van der Waals surface area contributed by atoms with E-state index >= 15 is 0 Å². The summed E-state index contributed by atoms with van der Waals surface area (Å²) in [6.45, 7) is 7.52. The number of hydrogen-bond donors (Lipinski definition) is 2. The number of aromatic amines is 1. The Morgan fingerprint density at radius 2 is 1.89 bits per heavy atom. The molecule has 0 aliphatic carbocycles. The number of nitrogens with one attached hydrogen (secondary N) is 2. The molecular formula is C26H25FN6O2. The fourth-order valence-corrected chi connectivity index (χ4v) is 4.03. The van der Waals surface area contributed by atoms with Gasteiger partial charge in [-0.25, -0.2) is 14.4 Å². The van der Waals surface area contributed by atoms with E-state index in [0.717, 1.165) is 43.5 Å². The summed E-state index contributed by atoms with van der Waals surface area (Å²) in [5.41, 5.74) is 3.72. The lowest BCUT2D eigenvalue weighted by Crippen LogP contribution is -2.44. The quantitative estimate of drug-likeness (QED) is 0.404. The predicted octanol–water partition coefficient (Wildman–Crippen LogP) is 4.43. The van der Waals surface area contributed by atoms with Crippen LogP contribution in [0, 0.1) is 5.82 Å². The van der Waals surface area contributed by atoms with Crippen LogP contribution in [0.3, 0.4) is 0 Å². The van der Waals surface area contributed by atoms with E-state index < -0.39 is 11.7 Å². The van der Waals surface area contributed by atoms with Crippen LogP contribution in [0.25, 0.3) is 22.3 Å². The molecular weight excluding hydrogens is 447 g/mol. The van der Waals surface area contributed by atoms with Gasteiger partial charge in [0, 0.05) is 43.6 Å². The lowest BCUT2D eigenvalue weighted by atomic mass is 10.1. The van der Waals surface area contributed by atoms with Crippen LogP contribution >= 0.6 is 0 Å². The number of fused-ring (bicyclic) bond motifs is 1. The largest absolute Gasteiger partial charge is 0.438 e. The van der Waals surface area contributed by atoms with Gasteiger partial charge >= 0.3 is 0 Å². The number of aromatic nitrogens is 3.